The van der Waals surface area contributed by atoms with Gasteiger partial charge in [0.25, 0.3) is 0 Å². The van der Waals surface area contributed by atoms with Gasteiger partial charge in [-0.1, -0.05) is 38.8 Å². The van der Waals surface area contributed by atoms with E-state index in [1.165, 1.54) is 37.5 Å². The molecule has 0 amide bonds. The highest BCUT2D eigenvalue weighted by Crippen LogP contribution is 2.63. The van der Waals surface area contributed by atoms with Crippen molar-refractivity contribution in [3.05, 3.63) is 36.2 Å². The molecule has 0 spiro atoms. The number of pyridine rings is 1. The van der Waals surface area contributed by atoms with Crippen molar-refractivity contribution < 1.29 is 24.1 Å². The maximum atomic E-state index is 11.5. The lowest BCUT2D eigenvalue weighted by atomic mass is 9.46. The van der Waals surface area contributed by atoms with E-state index < -0.39 is 5.97 Å². The summed E-state index contributed by atoms with van der Waals surface area (Å²) < 4.78 is 19.1. The molecule has 0 bridgehead atoms. The highest BCUT2D eigenvalue weighted by Gasteiger charge is 2.60. The number of nitrogens with zero attached hydrogens (tertiary/aromatic N) is 1. The molecule has 34 heavy (non-hydrogen) atoms. The van der Waals surface area contributed by atoms with E-state index in [-0.39, 0.29) is 28.8 Å². The van der Waals surface area contributed by atoms with Crippen LogP contribution in [0.2, 0.25) is 0 Å². The van der Waals surface area contributed by atoms with Gasteiger partial charge in [-0.05, 0) is 68.3 Å². The van der Waals surface area contributed by atoms with Gasteiger partial charge in [0.15, 0.2) is 6.29 Å². The second-order valence-electron chi connectivity index (χ2n) is 11.5. The van der Waals surface area contributed by atoms with E-state index >= 15 is 0 Å². The van der Waals surface area contributed by atoms with Crippen LogP contribution in [0.4, 0.5) is 0 Å². The fourth-order valence-electron chi connectivity index (χ4n) is 7.82. The molecule has 4 aliphatic rings. The number of hydrogen-bond donors (Lipinski definition) is 1. The smallest absolute Gasteiger partial charge is 0.341 e. The van der Waals surface area contributed by atoms with Gasteiger partial charge in [0.1, 0.15) is 11.3 Å². The Labute approximate surface area is 203 Å². The van der Waals surface area contributed by atoms with Crippen LogP contribution < -0.4 is 4.74 Å². The zero-order valence-electron chi connectivity index (χ0n) is 20.6. The van der Waals surface area contributed by atoms with E-state index in [1.54, 1.807) is 12.3 Å². The number of aromatic nitrogens is 1. The number of ether oxygens (including phenoxy) is 3. The fraction of sp³-hybridized carbons (Fsp3) is 0.714. The first-order valence-electron chi connectivity index (χ1n) is 13.1. The van der Waals surface area contributed by atoms with Crippen LogP contribution in [0.3, 0.4) is 0 Å². The van der Waals surface area contributed by atoms with Crippen LogP contribution in [0.5, 0.6) is 5.75 Å². The second kappa shape index (κ2) is 9.27. The molecule has 5 rings (SSSR count). The van der Waals surface area contributed by atoms with Crippen molar-refractivity contribution >= 4 is 5.97 Å². The topological polar surface area (TPSA) is 77.9 Å². The molecule has 1 aliphatic heterocycles. The lowest BCUT2D eigenvalue weighted by Gasteiger charge is -2.63. The molecule has 3 saturated carbocycles. The minimum Gasteiger partial charge on any atom is -0.493 e. The molecule has 0 radical (unpaired) electrons. The van der Waals surface area contributed by atoms with Gasteiger partial charge in [-0.3, -0.25) is 4.98 Å². The van der Waals surface area contributed by atoms with Crippen LogP contribution in [-0.2, 0) is 9.47 Å². The highest BCUT2D eigenvalue weighted by atomic mass is 16.7. The first-order valence-corrected chi connectivity index (χ1v) is 13.1. The summed E-state index contributed by atoms with van der Waals surface area (Å²) in [7, 11) is 0. The molecule has 1 N–H and O–H groups in total. The van der Waals surface area contributed by atoms with E-state index in [9.17, 15) is 9.90 Å². The van der Waals surface area contributed by atoms with Crippen molar-refractivity contribution in [1.29, 1.82) is 0 Å². The average Bonchev–Trinajstić information content (AvgIpc) is 3.35. The first-order chi connectivity index (χ1) is 16.3. The largest absolute Gasteiger partial charge is 0.493 e. The summed E-state index contributed by atoms with van der Waals surface area (Å²) in [6.07, 6.45) is 13.4. The maximum Gasteiger partial charge on any atom is 0.341 e. The van der Waals surface area contributed by atoms with Gasteiger partial charge >= 0.3 is 5.97 Å². The van der Waals surface area contributed by atoms with Crippen LogP contribution in [0, 0.1) is 28.6 Å². The quantitative estimate of drug-likeness (QED) is 0.525. The van der Waals surface area contributed by atoms with Crippen LogP contribution in [-0.4, -0.2) is 41.7 Å². The van der Waals surface area contributed by atoms with Gasteiger partial charge in [-0.25, -0.2) is 4.79 Å². The van der Waals surface area contributed by atoms with Crippen molar-refractivity contribution in [2.45, 2.75) is 84.0 Å². The summed E-state index contributed by atoms with van der Waals surface area (Å²) >= 11 is 0. The monoisotopic (exact) mass is 469 g/mol. The fourth-order valence-corrected chi connectivity index (χ4v) is 7.82. The summed E-state index contributed by atoms with van der Waals surface area (Å²) in [4.78, 5) is 15.4. The summed E-state index contributed by atoms with van der Waals surface area (Å²) in [6, 6.07) is 1.63. The molecule has 4 fully saturated rings. The predicted octanol–water partition coefficient (Wildman–Crippen LogP) is 5.87. The Balaban J connectivity index is 1.29. The van der Waals surface area contributed by atoms with Gasteiger partial charge in [-0.2, -0.15) is 0 Å². The Kier molecular flexibility index (Phi) is 6.49. The maximum absolute atomic E-state index is 11.5. The molecule has 1 unspecified atom stereocenters. The minimum absolute atomic E-state index is 0.0172. The molecule has 1 aromatic rings. The Bertz CT molecular complexity index is 927. The van der Waals surface area contributed by atoms with Gasteiger partial charge in [0, 0.05) is 23.7 Å². The summed E-state index contributed by atoms with van der Waals surface area (Å²) in [5.41, 5.74) is 1.54. The Hall–Kier alpha value is -1.92. The van der Waals surface area contributed by atoms with Crippen LogP contribution in [0.15, 0.2) is 30.6 Å². The zero-order chi connectivity index (χ0) is 23.9. The van der Waals surface area contributed by atoms with E-state index in [4.69, 9.17) is 14.2 Å². The molecular weight excluding hydrogens is 430 g/mol. The minimum atomic E-state index is -1.02. The molecule has 0 aromatic carbocycles. The van der Waals surface area contributed by atoms with Crippen LogP contribution >= 0.6 is 0 Å². The number of hydrogen-bond acceptors (Lipinski definition) is 5. The van der Waals surface area contributed by atoms with Crippen LogP contribution in [0.25, 0.3) is 0 Å². The number of carboxylic acids is 1. The van der Waals surface area contributed by atoms with Crippen molar-refractivity contribution in [3.8, 4) is 5.75 Å². The molecule has 186 valence electrons. The van der Waals surface area contributed by atoms with E-state index in [0.29, 0.717) is 30.1 Å². The van der Waals surface area contributed by atoms with E-state index in [1.807, 2.05) is 0 Å². The van der Waals surface area contributed by atoms with Crippen molar-refractivity contribution in [2.24, 2.45) is 28.6 Å². The highest BCUT2D eigenvalue weighted by molar-refractivity contribution is 5.90. The third-order valence-corrected chi connectivity index (χ3v) is 9.63. The summed E-state index contributed by atoms with van der Waals surface area (Å²) in [5.74, 6) is 0.781. The van der Waals surface area contributed by atoms with Gasteiger partial charge in [-0.15, -0.1) is 0 Å². The molecule has 1 aromatic heterocycles. The number of allylic oxidation sites excluding steroid dienone is 1. The molecular formula is C28H39NO5. The Morgan fingerprint density at radius 1 is 1.24 bits per heavy atom. The Morgan fingerprint density at radius 3 is 2.79 bits per heavy atom. The molecule has 3 aliphatic carbocycles. The average molecular weight is 470 g/mol. The predicted molar refractivity (Wildman–Crippen MR) is 129 cm³/mol. The normalized spacial score (nSPS) is 38.2. The van der Waals surface area contributed by atoms with Crippen molar-refractivity contribution in [2.75, 3.05) is 13.2 Å². The van der Waals surface area contributed by atoms with Gasteiger partial charge < -0.3 is 19.3 Å². The SMILES string of the molecule is C=C1CCC2[C@]3(C)CO[C@@H](C4CCCC4)O[C@@H]3CC[C@@]2(C)[C@@H]1CCOc1ccncc1C(=O)O. The molecule has 6 atom stereocenters. The number of aromatic carboxylic acids is 1. The van der Waals surface area contributed by atoms with Gasteiger partial charge in [0.05, 0.1) is 19.3 Å². The Morgan fingerprint density at radius 2 is 2.03 bits per heavy atom. The number of fused-ring (bicyclic) bond motifs is 3. The summed E-state index contributed by atoms with van der Waals surface area (Å²) in [5, 5.41) is 9.42. The lowest BCUT2D eigenvalue weighted by Crippen LogP contribution is -2.62. The number of carboxylic acid groups (broad SMARTS) is 1. The number of carbonyl (C=O) groups is 1. The summed E-state index contributed by atoms with van der Waals surface area (Å²) in [6.45, 7) is 10.6. The molecule has 6 nitrogen and oxygen atoms in total. The second-order valence-corrected chi connectivity index (χ2v) is 11.5. The first kappa shape index (κ1) is 23.8. The van der Waals surface area contributed by atoms with Crippen molar-refractivity contribution in [3.63, 3.8) is 0 Å². The van der Waals surface area contributed by atoms with E-state index in [0.717, 1.165) is 38.7 Å². The number of rotatable bonds is 6. The molecule has 2 heterocycles. The lowest BCUT2D eigenvalue weighted by molar-refractivity contribution is -0.316. The van der Waals surface area contributed by atoms with Crippen LogP contribution in [0.1, 0.15) is 82.0 Å². The van der Waals surface area contributed by atoms with Crippen molar-refractivity contribution in [1.82, 2.24) is 4.98 Å². The molecule has 6 heteroatoms. The van der Waals surface area contributed by atoms with E-state index in [2.05, 4.69) is 25.4 Å². The zero-order valence-corrected chi connectivity index (χ0v) is 20.6. The molecule has 1 saturated heterocycles. The third-order valence-electron chi connectivity index (χ3n) is 9.63. The standard InChI is InChI=1S/C28H39NO5/c1-18-8-9-23-27(2,21(18)12-15-32-22-11-14-29-16-20(22)25(30)31)13-10-24-28(23,3)17-33-26(34-24)19-6-4-5-7-19/h11,14,16,19,21,23-24,26H,1,4-10,12-13,15,17H2,2-3H3,(H,30,31)/t21-,23?,24-,26-,27+,28+/m1/s1. The third kappa shape index (κ3) is 4.07. The van der Waals surface area contributed by atoms with Gasteiger partial charge in [0.2, 0.25) is 0 Å².